The second kappa shape index (κ2) is 6.85. The van der Waals surface area contributed by atoms with E-state index in [2.05, 4.69) is 17.3 Å². The van der Waals surface area contributed by atoms with Crippen molar-refractivity contribution in [3.05, 3.63) is 41.3 Å². The summed E-state index contributed by atoms with van der Waals surface area (Å²) in [5.41, 5.74) is 7.97. The summed E-state index contributed by atoms with van der Waals surface area (Å²) in [5.74, 6) is -0.325. The lowest BCUT2D eigenvalue weighted by molar-refractivity contribution is -0.115. The van der Waals surface area contributed by atoms with Crippen LogP contribution in [-0.4, -0.2) is 41.7 Å². The first-order chi connectivity index (χ1) is 12.5. The third kappa shape index (κ3) is 3.15. The van der Waals surface area contributed by atoms with Crippen molar-refractivity contribution in [2.75, 3.05) is 12.8 Å². The van der Waals surface area contributed by atoms with Crippen LogP contribution >= 0.6 is 11.3 Å². The standard InChI is InChI=1S/C20H24N4OS/c1-24-14-5-6-15(24)11-13(10-14)23-20(25)19(22)16-9-12(4-7-17(16)21)18-3-2-8-26-18/h2-4,7-9,13-15,22H,5-6,10-11,21H2,1H3,(H,23,25). The molecular formula is C20H24N4OS. The molecule has 1 aromatic carbocycles. The molecular weight excluding hydrogens is 344 g/mol. The van der Waals surface area contributed by atoms with Crippen LogP contribution in [-0.2, 0) is 4.79 Å². The molecule has 0 radical (unpaired) electrons. The van der Waals surface area contributed by atoms with Gasteiger partial charge in [-0.3, -0.25) is 10.2 Å². The fourth-order valence-electron chi connectivity index (χ4n) is 4.28. The number of carbonyl (C=O) groups is 1. The largest absolute Gasteiger partial charge is 0.398 e. The Balaban J connectivity index is 1.49. The van der Waals surface area contributed by atoms with Crippen molar-refractivity contribution in [2.24, 2.45) is 0 Å². The van der Waals surface area contributed by atoms with Crippen LogP contribution in [0.15, 0.2) is 35.7 Å². The monoisotopic (exact) mass is 368 g/mol. The van der Waals surface area contributed by atoms with Gasteiger partial charge in [-0.15, -0.1) is 11.3 Å². The van der Waals surface area contributed by atoms with Gasteiger partial charge < -0.3 is 16.0 Å². The molecule has 1 amide bonds. The summed E-state index contributed by atoms with van der Waals surface area (Å²) in [6.45, 7) is 0. The van der Waals surface area contributed by atoms with Crippen LogP contribution in [0.2, 0.25) is 0 Å². The van der Waals surface area contributed by atoms with Gasteiger partial charge in [0, 0.05) is 34.3 Å². The quantitative estimate of drug-likeness (QED) is 0.573. The lowest BCUT2D eigenvalue weighted by Gasteiger charge is -2.36. The SMILES string of the molecule is CN1C2CCC1CC(NC(=O)C(=N)c1cc(-c3cccs3)ccc1N)C2. The van der Waals surface area contributed by atoms with Gasteiger partial charge in [-0.25, -0.2) is 0 Å². The number of nitrogens with one attached hydrogen (secondary N) is 2. The van der Waals surface area contributed by atoms with E-state index in [-0.39, 0.29) is 17.7 Å². The van der Waals surface area contributed by atoms with E-state index in [1.807, 2.05) is 29.6 Å². The summed E-state index contributed by atoms with van der Waals surface area (Å²) in [6, 6.07) is 10.8. The number of nitrogen functional groups attached to an aromatic ring is 1. The van der Waals surface area contributed by atoms with Gasteiger partial charge in [-0.2, -0.15) is 0 Å². The van der Waals surface area contributed by atoms with E-state index in [1.54, 1.807) is 17.4 Å². The van der Waals surface area contributed by atoms with E-state index in [4.69, 9.17) is 11.1 Å². The van der Waals surface area contributed by atoms with Gasteiger partial charge in [0.25, 0.3) is 5.91 Å². The minimum absolute atomic E-state index is 0.0489. The molecule has 2 bridgehead atoms. The van der Waals surface area contributed by atoms with E-state index in [0.717, 1.165) is 23.3 Å². The normalized spacial score (nSPS) is 25.2. The molecule has 4 rings (SSSR count). The summed E-state index contributed by atoms with van der Waals surface area (Å²) < 4.78 is 0. The smallest absolute Gasteiger partial charge is 0.270 e. The number of benzene rings is 1. The molecule has 26 heavy (non-hydrogen) atoms. The highest BCUT2D eigenvalue weighted by Crippen LogP contribution is 2.34. The number of hydrogen-bond donors (Lipinski definition) is 3. The molecule has 2 saturated heterocycles. The van der Waals surface area contributed by atoms with Crippen LogP contribution in [0.1, 0.15) is 31.2 Å². The lowest BCUT2D eigenvalue weighted by atomic mass is 9.97. The van der Waals surface area contributed by atoms with Crippen LogP contribution in [0.4, 0.5) is 5.69 Å². The fraction of sp³-hybridized carbons (Fsp3) is 0.400. The number of fused-ring (bicyclic) bond motifs is 2. The van der Waals surface area contributed by atoms with E-state index < -0.39 is 0 Å². The molecule has 5 nitrogen and oxygen atoms in total. The van der Waals surface area contributed by atoms with Crippen LogP contribution in [0, 0.1) is 5.41 Å². The minimum Gasteiger partial charge on any atom is -0.398 e. The second-order valence-electron chi connectivity index (χ2n) is 7.35. The third-order valence-electron chi connectivity index (χ3n) is 5.79. The van der Waals surface area contributed by atoms with Crippen LogP contribution in [0.25, 0.3) is 10.4 Å². The first kappa shape index (κ1) is 17.2. The molecule has 2 aliphatic rings. The molecule has 2 fully saturated rings. The summed E-state index contributed by atoms with van der Waals surface area (Å²) >= 11 is 1.63. The van der Waals surface area contributed by atoms with Gasteiger partial charge in [-0.1, -0.05) is 12.1 Å². The number of hydrogen-bond acceptors (Lipinski definition) is 5. The van der Waals surface area contributed by atoms with Crippen molar-refractivity contribution in [2.45, 2.75) is 43.8 Å². The van der Waals surface area contributed by atoms with E-state index in [0.29, 0.717) is 23.3 Å². The maximum atomic E-state index is 12.7. The number of amides is 1. The Morgan fingerprint density at radius 3 is 2.65 bits per heavy atom. The van der Waals surface area contributed by atoms with Crippen molar-refractivity contribution in [1.29, 1.82) is 5.41 Å². The van der Waals surface area contributed by atoms with Gasteiger partial charge in [0.2, 0.25) is 0 Å². The van der Waals surface area contributed by atoms with E-state index in [9.17, 15) is 4.79 Å². The maximum absolute atomic E-state index is 12.7. The zero-order chi connectivity index (χ0) is 18.3. The lowest BCUT2D eigenvalue weighted by Crippen LogP contribution is -2.50. The Morgan fingerprint density at radius 2 is 2.00 bits per heavy atom. The van der Waals surface area contributed by atoms with Gasteiger partial charge >= 0.3 is 0 Å². The molecule has 2 aromatic rings. The number of carbonyl (C=O) groups excluding carboxylic acids is 1. The van der Waals surface area contributed by atoms with Crippen molar-refractivity contribution >= 4 is 28.6 Å². The highest BCUT2D eigenvalue weighted by molar-refractivity contribution is 7.13. The van der Waals surface area contributed by atoms with Gasteiger partial charge in [0.05, 0.1) is 0 Å². The Hall–Kier alpha value is -2.18. The zero-order valence-electron chi connectivity index (χ0n) is 14.9. The first-order valence-electron chi connectivity index (χ1n) is 9.08. The maximum Gasteiger partial charge on any atom is 0.270 e. The van der Waals surface area contributed by atoms with Crippen molar-refractivity contribution in [3.63, 3.8) is 0 Å². The molecule has 6 heteroatoms. The number of anilines is 1. The Kier molecular flexibility index (Phi) is 4.54. The number of nitrogens with two attached hydrogens (primary N) is 1. The Bertz CT molecular complexity index is 818. The van der Waals surface area contributed by atoms with Crippen LogP contribution in [0.5, 0.6) is 0 Å². The van der Waals surface area contributed by atoms with Crippen LogP contribution < -0.4 is 11.1 Å². The Morgan fingerprint density at radius 1 is 1.27 bits per heavy atom. The highest BCUT2D eigenvalue weighted by atomic mass is 32.1. The molecule has 0 spiro atoms. The molecule has 0 aliphatic carbocycles. The average Bonchev–Trinajstić information content (AvgIpc) is 3.22. The first-order valence-corrected chi connectivity index (χ1v) is 9.96. The molecule has 136 valence electrons. The van der Waals surface area contributed by atoms with Crippen molar-refractivity contribution < 1.29 is 4.79 Å². The molecule has 2 atom stereocenters. The van der Waals surface area contributed by atoms with Gasteiger partial charge in [-0.05, 0) is 61.9 Å². The minimum atomic E-state index is -0.325. The predicted molar refractivity (Wildman–Crippen MR) is 107 cm³/mol. The summed E-state index contributed by atoms with van der Waals surface area (Å²) in [5, 5.41) is 13.5. The Labute approximate surface area is 157 Å². The van der Waals surface area contributed by atoms with Crippen molar-refractivity contribution in [1.82, 2.24) is 10.2 Å². The molecule has 1 aromatic heterocycles. The third-order valence-corrected chi connectivity index (χ3v) is 6.71. The molecule has 0 saturated carbocycles. The zero-order valence-corrected chi connectivity index (χ0v) is 15.7. The van der Waals surface area contributed by atoms with Gasteiger partial charge in [0.1, 0.15) is 5.71 Å². The fourth-order valence-corrected chi connectivity index (χ4v) is 5.00. The number of rotatable bonds is 4. The second-order valence-corrected chi connectivity index (χ2v) is 8.29. The van der Waals surface area contributed by atoms with Crippen LogP contribution in [0.3, 0.4) is 0 Å². The summed E-state index contributed by atoms with van der Waals surface area (Å²) in [6.07, 6.45) is 4.36. The number of nitrogens with zero attached hydrogens (tertiary/aromatic N) is 1. The summed E-state index contributed by atoms with van der Waals surface area (Å²) in [4.78, 5) is 16.2. The highest BCUT2D eigenvalue weighted by Gasteiger charge is 2.39. The van der Waals surface area contributed by atoms with Crippen molar-refractivity contribution in [3.8, 4) is 10.4 Å². The van der Waals surface area contributed by atoms with E-state index >= 15 is 0 Å². The van der Waals surface area contributed by atoms with E-state index in [1.165, 1.54) is 12.8 Å². The average molecular weight is 369 g/mol. The molecule has 2 unspecified atom stereocenters. The topological polar surface area (TPSA) is 82.2 Å². The number of piperidine rings is 1. The molecule has 2 aliphatic heterocycles. The number of thiophene rings is 1. The predicted octanol–water partition coefficient (Wildman–Crippen LogP) is 3.11. The molecule has 4 N–H and O–H groups in total. The molecule has 3 heterocycles. The van der Waals surface area contributed by atoms with Gasteiger partial charge in [0.15, 0.2) is 0 Å². The summed E-state index contributed by atoms with van der Waals surface area (Å²) in [7, 11) is 2.18.